The van der Waals surface area contributed by atoms with Crippen LogP contribution < -0.4 is 4.74 Å². The van der Waals surface area contributed by atoms with E-state index >= 15 is 0 Å². The molecule has 8 heteroatoms. The van der Waals surface area contributed by atoms with E-state index in [1.54, 1.807) is 36.4 Å². The van der Waals surface area contributed by atoms with Crippen molar-refractivity contribution in [2.45, 2.75) is 12.8 Å². The number of rotatable bonds is 5. The number of methoxy groups -OCH3 is 1. The minimum atomic E-state index is -5.07. The molecule has 0 heterocycles. The molecule has 0 aliphatic carbocycles. The zero-order chi connectivity index (χ0) is 17.7. The second-order valence-electron chi connectivity index (χ2n) is 4.52. The molecule has 1 N–H and O–H groups in total. The van der Waals surface area contributed by atoms with Crippen LogP contribution in [0.4, 0.5) is 13.2 Å². The van der Waals surface area contributed by atoms with Crippen molar-refractivity contribution in [3.63, 3.8) is 0 Å². The Hall–Kier alpha value is -1.81. The number of aliphatic hydroxyl groups excluding tert-OH is 1. The van der Waals surface area contributed by atoms with E-state index in [2.05, 4.69) is 0 Å². The number of hydrogen-bond donors (Lipinski definition) is 1. The summed E-state index contributed by atoms with van der Waals surface area (Å²) in [4.78, 5) is 11.3. The van der Waals surface area contributed by atoms with Crippen molar-refractivity contribution in [3.8, 4) is 5.75 Å². The van der Waals surface area contributed by atoms with Gasteiger partial charge < -0.3 is 0 Å². The van der Waals surface area contributed by atoms with E-state index < -0.39 is 39.0 Å². The van der Waals surface area contributed by atoms with Gasteiger partial charge in [0, 0.05) is 0 Å². The van der Waals surface area contributed by atoms with Crippen LogP contribution in [0.15, 0.2) is 48.5 Å². The van der Waals surface area contributed by atoms with E-state index in [1.165, 1.54) is 19.2 Å². The quantitative estimate of drug-likeness (QED) is 0.700. The Morgan fingerprint density at radius 1 is 1.17 bits per heavy atom. The zero-order valence-corrected chi connectivity index (χ0v) is 14.7. The van der Waals surface area contributed by atoms with Gasteiger partial charge in [0.05, 0.1) is 0 Å². The van der Waals surface area contributed by atoms with Gasteiger partial charge in [-0.15, -0.1) is 0 Å². The van der Waals surface area contributed by atoms with Crippen molar-refractivity contribution in [1.29, 1.82) is 0 Å². The third kappa shape index (κ3) is 4.38. The first-order valence-electron chi connectivity index (χ1n) is 6.69. The zero-order valence-electron chi connectivity index (χ0n) is 12.5. The third-order valence-electron chi connectivity index (χ3n) is 2.92. The van der Waals surface area contributed by atoms with E-state index in [-0.39, 0.29) is 0 Å². The van der Waals surface area contributed by atoms with Gasteiger partial charge >= 0.3 is 144 Å². The molecular weight excluding hydrogens is 440 g/mol. The fourth-order valence-electron chi connectivity index (χ4n) is 1.81. The fraction of sp³-hybridized carbons (Fsp3) is 0.188. The number of alkyl halides is 3. The number of carbonyl (C=O) groups is 1. The summed E-state index contributed by atoms with van der Waals surface area (Å²) in [5.41, 5.74) is 0.373. The van der Waals surface area contributed by atoms with Crippen LogP contribution in [0.2, 0.25) is 0 Å². The van der Waals surface area contributed by atoms with Gasteiger partial charge in [-0.2, -0.15) is 0 Å². The van der Waals surface area contributed by atoms with E-state index in [9.17, 15) is 23.1 Å². The summed E-state index contributed by atoms with van der Waals surface area (Å²) in [5.74, 6) is -1.77. The number of carbonyl (C=O) groups excluding carboxylic acids is 1. The molecule has 130 valence electrons. The summed E-state index contributed by atoms with van der Waals surface area (Å²) in [6.45, 7) is -0.406. The SMILES string of the molecule is COc1ccc(I(OC(=O)C(F)(F)F)c2ccccc2)c(CO)c1. The topological polar surface area (TPSA) is 55.8 Å². The van der Waals surface area contributed by atoms with E-state index in [4.69, 9.17) is 7.80 Å². The maximum absolute atomic E-state index is 12.6. The summed E-state index contributed by atoms with van der Waals surface area (Å²) in [5, 5.41) is 9.53. The summed E-state index contributed by atoms with van der Waals surface area (Å²) < 4.78 is 48.7. The Balaban J connectivity index is 2.49. The summed E-state index contributed by atoms with van der Waals surface area (Å²) in [6, 6.07) is 12.9. The van der Waals surface area contributed by atoms with Crippen molar-refractivity contribution in [2.75, 3.05) is 7.11 Å². The molecule has 0 saturated carbocycles. The Morgan fingerprint density at radius 3 is 2.38 bits per heavy atom. The summed E-state index contributed by atoms with van der Waals surface area (Å²) in [7, 11) is 1.44. The predicted molar refractivity (Wildman–Crippen MR) is 88.9 cm³/mol. The van der Waals surface area contributed by atoms with Gasteiger partial charge in [0.2, 0.25) is 0 Å². The molecule has 0 aromatic heterocycles. The first-order chi connectivity index (χ1) is 11.4. The van der Waals surface area contributed by atoms with Crippen LogP contribution >= 0.6 is 20.2 Å². The van der Waals surface area contributed by atoms with Gasteiger partial charge in [-0.1, -0.05) is 0 Å². The van der Waals surface area contributed by atoms with Gasteiger partial charge in [-0.05, 0) is 0 Å². The predicted octanol–water partition coefficient (Wildman–Crippen LogP) is 3.75. The molecule has 2 aromatic carbocycles. The number of benzene rings is 2. The van der Waals surface area contributed by atoms with E-state index in [0.717, 1.165) is 0 Å². The van der Waals surface area contributed by atoms with Crippen LogP contribution in [0.5, 0.6) is 5.75 Å². The molecule has 0 saturated heterocycles. The van der Waals surface area contributed by atoms with E-state index in [1.807, 2.05) is 0 Å². The Bertz CT molecular complexity index is 704. The van der Waals surface area contributed by atoms with Crippen molar-refractivity contribution in [3.05, 3.63) is 61.2 Å². The Morgan fingerprint density at radius 2 is 1.83 bits per heavy atom. The Kier molecular flexibility index (Phi) is 6.05. The molecule has 0 fully saturated rings. The molecule has 2 aromatic rings. The molecule has 0 aliphatic rings. The molecule has 0 atom stereocenters. The van der Waals surface area contributed by atoms with Crippen molar-refractivity contribution in [1.82, 2.24) is 0 Å². The van der Waals surface area contributed by atoms with Gasteiger partial charge in [0.15, 0.2) is 0 Å². The number of hydrogen-bond acceptors (Lipinski definition) is 4. The van der Waals surface area contributed by atoms with Crippen molar-refractivity contribution in [2.24, 2.45) is 0 Å². The van der Waals surface area contributed by atoms with Crippen LogP contribution in [-0.2, 0) is 14.5 Å². The molecule has 0 bridgehead atoms. The first-order valence-corrected chi connectivity index (χ1v) is 9.73. The van der Waals surface area contributed by atoms with Gasteiger partial charge in [0.1, 0.15) is 0 Å². The molecule has 4 nitrogen and oxygen atoms in total. The molecular formula is C16H14F3IO4. The molecule has 0 unspecified atom stereocenters. The minimum absolute atomic E-state index is 0.373. The second-order valence-corrected chi connectivity index (χ2v) is 8.79. The van der Waals surface area contributed by atoms with Crippen molar-refractivity contribution >= 4 is 26.2 Å². The number of ether oxygens (including phenoxy) is 1. The number of aliphatic hydroxyl groups is 1. The molecule has 0 aliphatic heterocycles. The maximum atomic E-state index is 12.6. The van der Waals surface area contributed by atoms with Crippen molar-refractivity contribution < 1.29 is 30.9 Å². The molecule has 2 rings (SSSR count). The van der Waals surface area contributed by atoms with Crippen LogP contribution in [0.1, 0.15) is 5.56 Å². The molecule has 0 radical (unpaired) electrons. The summed E-state index contributed by atoms with van der Waals surface area (Å²) in [6.07, 6.45) is -5.07. The van der Waals surface area contributed by atoms with Crippen LogP contribution in [0.3, 0.4) is 0 Å². The Labute approximate surface area is 144 Å². The molecule has 0 amide bonds. The average Bonchev–Trinajstić information content (AvgIpc) is 2.58. The van der Waals surface area contributed by atoms with Gasteiger partial charge in [-0.3, -0.25) is 0 Å². The average molecular weight is 454 g/mol. The normalized spacial score (nSPS) is 11.8. The van der Waals surface area contributed by atoms with Gasteiger partial charge in [-0.25, -0.2) is 0 Å². The summed E-state index contributed by atoms with van der Waals surface area (Å²) >= 11 is -3.20. The number of halogens is 4. The van der Waals surface area contributed by atoms with Crippen LogP contribution in [0.25, 0.3) is 0 Å². The molecule has 0 spiro atoms. The fourth-order valence-corrected chi connectivity index (χ4v) is 6.16. The van der Waals surface area contributed by atoms with E-state index in [0.29, 0.717) is 18.5 Å². The van der Waals surface area contributed by atoms with Gasteiger partial charge in [0.25, 0.3) is 0 Å². The second kappa shape index (κ2) is 7.84. The standard InChI is InChI=1S/C16H14F3IO4/c1-23-13-7-8-14(11(9-13)10-21)20(12-5-3-2-4-6-12)24-15(22)16(17,18)19/h2-9,21H,10H2,1H3. The van der Waals surface area contributed by atoms with Crippen LogP contribution in [-0.4, -0.2) is 24.4 Å². The molecule has 24 heavy (non-hydrogen) atoms. The van der Waals surface area contributed by atoms with Crippen LogP contribution in [0, 0.1) is 7.14 Å². The first kappa shape index (κ1) is 18.5. The third-order valence-corrected chi connectivity index (χ3v) is 7.72. The monoisotopic (exact) mass is 454 g/mol.